The molecule has 0 unspecified atom stereocenters. The number of nitrogens with one attached hydrogen (secondary N) is 1. The second-order valence-electron chi connectivity index (χ2n) is 5.45. The molecule has 1 atom stereocenters. The van der Waals surface area contributed by atoms with Gasteiger partial charge in [-0.1, -0.05) is 6.92 Å². The first kappa shape index (κ1) is 18.9. The van der Waals surface area contributed by atoms with Crippen molar-refractivity contribution in [3.8, 4) is 0 Å². The molecule has 0 aromatic heterocycles. The maximum absolute atomic E-state index is 11.5. The molecule has 0 aliphatic carbocycles. The molecule has 2 N–H and O–H groups in total. The number of carboxylic acid groups (broad SMARTS) is 1. The van der Waals surface area contributed by atoms with Crippen molar-refractivity contribution in [2.45, 2.75) is 58.6 Å². The van der Waals surface area contributed by atoms with Crippen molar-refractivity contribution in [2.24, 2.45) is 0 Å². The number of esters is 1. The Morgan fingerprint density at radius 3 is 2.25 bits per heavy atom. The lowest BCUT2D eigenvalue weighted by atomic mass is 10.1. The van der Waals surface area contributed by atoms with Gasteiger partial charge in [-0.2, -0.15) is 0 Å². The van der Waals surface area contributed by atoms with E-state index in [1.54, 1.807) is 27.7 Å². The summed E-state index contributed by atoms with van der Waals surface area (Å²) >= 11 is 0. The van der Waals surface area contributed by atoms with Crippen LogP contribution in [0.3, 0.4) is 0 Å². The van der Waals surface area contributed by atoms with Gasteiger partial charge in [0.1, 0.15) is 11.6 Å². The van der Waals surface area contributed by atoms with E-state index in [9.17, 15) is 18.0 Å². The summed E-state index contributed by atoms with van der Waals surface area (Å²) in [6, 6.07) is -1.32. The molecule has 0 aromatic carbocycles. The molecule has 7 nitrogen and oxygen atoms in total. The molecule has 0 rings (SSSR count). The highest BCUT2D eigenvalue weighted by Gasteiger charge is 2.25. The van der Waals surface area contributed by atoms with Gasteiger partial charge < -0.3 is 9.84 Å². The molecule has 20 heavy (non-hydrogen) atoms. The molecule has 0 fully saturated rings. The minimum atomic E-state index is -3.64. The van der Waals surface area contributed by atoms with Gasteiger partial charge in [-0.05, 0) is 33.6 Å². The number of carbonyl (C=O) groups is 2. The van der Waals surface area contributed by atoms with E-state index in [4.69, 9.17) is 9.84 Å². The molecule has 0 spiro atoms. The largest absolute Gasteiger partial charge is 0.480 e. The Bertz CT molecular complexity index is 437. The Kier molecular flexibility index (Phi) is 7.15. The monoisotopic (exact) mass is 309 g/mol. The minimum Gasteiger partial charge on any atom is -0.480 e. The lowest BCUT2D eigenvalue weighted by Crippen LogP contribution is -2.42. The van der Waals surface area contributed by atoms with Crippen molar-refractivity contribution in [2.75, 3.05) is 5.75 Å². The van der Waals surface area contributed by atoms with E-state index in [0.717, 1.165) is 0 Å². The van der Waals surface area contributed by atoms with Crippen LogP contribution in [-0.2, 0) is 24.3 Å². The molecular weight excluding hydrogens is 286 g/mol. The van der Waals surface area contributed by atoms with Gasteiger partial charge >= 0.3 is 11.9 Å². The predicted octanol–water partition coefficient (Wildman–Crippen LogP) is 0.891. The van der Waals surface area contributed by atoms with Crippen LogP contribution in [0, 0.1) is 0 Å². The molecular formula is C12H23NO6S. The smallest absolute Gasteiger partial charge is 0.321 e. The van der Waals surface area contributed by atoms with Crippen LogP contribution >= 0.6 is 0 Å². The lowest BCUT2D eigenvalue weighted by molar-refractivity contribution is -0.155. The van der Waals surface area contributed by atoms with Crippen molar-refractivity contribution in [3.63, 3.8) is 0 Å². The summed E-state index contributed by atoms with van der Waals surface area (Å²) in [6.45, 7) is 6.77. The number of rotatable bonds is 8. The molecule has 0 saturated carbocycles. The fourth-order valence-electron chi connectivity index (χ4n) is 1.43. The number of hydrogen-bond donors (Lipinski definition) is 2. The van der Waals surface area contributed by atoms with Crippen molar-refractivity contribution in [3.05, 3.63) is 0 Å². The van der Waals surface area contributed by atoms with Crippen LogP contribution in [0.25, 0.3) is 0 Å². The van der Waals surface area contributed by atoms with Gasteiger partial charge in [-0.15, -0.1) is 0 Å². The first-order chi connectivity index (χ1) is 8.97. The number of aliphatic carboxylic acids is 1. The summed E-state index contributed by atoms with van der Waals surface area (Å²) in [7, 11) is -3.64. The Morgan fingerprint density at radius 1 is 1.30 bits per heavy atom. The van der Waals surface area contributed by atoms with Crippen molar-refractivity contribution in [1.29, 1.82) is 0 Å². The van der Waals surface area contributed by atoms with E-state index in [1.165, 1.54) is 0 Å². The highest BCUT2D eigenvalue weighted by molar-refractivity contribution is 7.89. The highest BCUT2D eigenvalue weighted by Crippen LogP contribution is 2.10. The molecule has 0 bridgehead atoms. The normalized spacial score (nSPS) is 13.8. The first-order valence-corrected chi connectivity index (χ1v) is 8.06. The third-order valence-corrected chi connectivity index (χ3v) is 3.74. The van der Waals surface area contributed by atoms with E-state index >= 15 is 0 Å². The molecule has 118 valence electrons. The molecule has 0 heterocycles. The van der Waals surface area contributed by atoms with Gasteiger partial charge in [-0.25, -0.2) is 13.1 Å². The Balaban J connectivity index is 4.51. The second-order valence-corrected chi connectivity index (χ2v) is 7.33. The molecule has 0 aliphatic rings. The van der Waals surface area contributed by atoms with Gasteiger partial charge in [0.15, 0.2) is 0 Å². The number of sulfonamides is 1. The van der Waals surface area contributed by atoms with Crippen LogP contribution in [0.4, 0.5) is 0 Å². The minimum absolute atomic E-state index is 0.146. The van der Waals surface area contributed by atoms with Crippen LogP contribution in [0.2, 0.25) is 0 Å². The fraction of sp³-hybridized carbons (Fsp3) is 0.833. The van der Waals surface area contributed by atoms with Crippen molar-refractivity contribution in [1.82, 2.24) is 4.72 Å². The van der Waals surface area contributed by atoms with E-state index in [1.807, 2.05) is 0 Å². The number of ether oxygens (including phenoxy) is 1. The molecule has 0 aromatic rings. The average Bonchev–Trinajstić information content (AvgIpc) is 2.21. The summed E-state index contributed by atoms with van der Waals surface area (Å²) in [5.41, 5.74) is -0.655. The third-order valence-electron chi connectivity index (χ3n) is 2.15. The maximum Gasteiger partial charge on any atom is 0.321 e. The van der Waals surface area contributed by atoms with Gasteiger partial charge in [0.05, 0.1) is 5.75 Å². The standard InChI is InChI=1S/C12H23NO6S/c1-5-8-20(17,18)13-9(11(15)16)6-7-10(14)19-12(2,3)4/h9,13H,5-8H2,1-4H3,(H,15,16)/t9-/m1/s1. The highest BCUT2D eigenvalue weighted by atomic mass is 32.2. The number of carbonyl (C=O) groups excluding carboxylic acids is 1. The summed E-state index contributed by atoms with van der Waals surface area (Å²) in [5.74, 6) is -2.02. The van der Waals surface area contributed by atoms with E-state index in [-0.39, 0.29) is 18.6 Å². The first-order valence-electron chi connectivity index (χ1n) is 6.41. The van der Waals surface area contributed by atoms with Crippen LogP contribution < -0.4 is 4.72 Å². The van der Waals surface area contributed by atoms with Crippen LogP contribution in [0.1, 0.15) is 47.0 Å². The fourth-order valence-corrected chi connectivity index (χ4v) is 2.74. The second kappa shape index (κ2) is 7.58. The van der Waals surface area contributed by atoms with E-state index < -0.39 is 33.6 Å². The van der Waals surface area contributed by atoms with Crippen molar-refractivity contribution >= 4 is 22.0 Å². The Morgan fingerprint density at radius 2 is 1.85 bits per heavy atom. The predicted molar refractivity (Wildman–Crippen MR) is 73.7 cm³/mol. The summed E-state index contributed by atoms with van der Waals surface area (Å²) in [4.78, 5) is 22.5. The van der Waals surface area contributed by atoms with Gasteiger partial charge in [0.25, 0.3) is 0 Å². The molecule has 8 heteroatoms. The topological polar surface area (TPSA) is 110 Å². The zero-order valence-corrected chi connectivity index (χ0v) is 13.1. The average molecular weight is 309 g/mol. The zero-order valence-electron chi connectivity index (χ0n) is 12.3. The molecule has 0 aliphatic heterocycles. The quantitative estimate of drug-likeness (QED) is 0.644. The van der Waals surface area contributed by atoms with Crippen LogP contribution in [0.5, 0.6) is 0 Å². The van der Waals surface area contributed by atoms with E-state index in [2.05, 4.69) is 4.72 Å². The lowest BCUT2D eigenvalue weighted by Gasteiger charge is -2.20. The summed E-state index contributed by atoms with van der Waals surface area (Å²) in [5, 5.41) is 8.97. The van der Waals surface area contributed by atoms with Crippen molar-refractivity contribution < 1.29 is 27.9 Å². The summed E-state index contributed by atoms with van der Waals surface area (Å²) < 4.78 is 30.2. The van der Waals surface area contributed by atoms with Gasteiger partial charge in [-0.3, -0.25) is 9.59 Å². The van der Waals surface area contributed by atoms with Crippen LogP contribution in [-0.4, -0.2) is 42.9 Å². The van der Waals surface area contributed by atoms with E-state index in [0.29, 0.717) is 6.42 Å². The van der Waals surface area contributed by atoms with Gasteiger partial charge in [0, 0.05) is 6.42 Å². The number of carboxylic acids is 1. The maximum atomic E-state index is 11.5. The molecule has 0 amide bonds. The van der Waals surface area contributed by atoms with Gasteiger partial charge in [0.2, 0.25) is 10.0 Å². The number of hydrogen-bond acceptors (Lipinski definition) is 5. The molecule has 0 radical (unpaired) electrons. The Labute approximate surface area is 119 Å². The third kappa shape index (κ3) is 8.87. The molecule has 0 saturated heterocycles. The zero-order chi connectivity index (χ0) is 16.0. The Hall–Kier alpha value is -1.15. The van der Waals surface area contributed by atoms with Crippen LogP contribution in [0.15, 0.2) is 0 Å². The SMILES string of the molecule is CCCS(=O)(=O)N[C@H](CCC(=O)OC(C)(C)C)C(=O)O. The summed E-state index contributed by atoms with van der Waals surface area (Å²) in [6.07, 6.45) is 0.0732.